The zero-order valence-electron chi connectivity index (χ0n) is 11.6. The van der Waals surface area contributed by atoms with Crippen molar-refractivity contribution in [2.24, 2.45) is 0 Å². The van der Waals surface area contributed by atoms with E-state index in [1.807, 2.05) is 18.3 Å². The first-order valence-electron chi connectivity index (χ1n) is 6.95. The van der Waals surface area contributed by atoms with E-state index in [0.717, 1.165) is 12.2 Å². The zero-order valence-corrected chi connectivity index (χ0v) is 11.6. The minimum Gasteiger partial charge on any atom is -0.305 e. The van der Waals surface area contributed by atoms with Crippen LogP contribution in [-0.2, 0) is 6.54 Å². The summed E-state index contributed by atoms with van der Waals surface area (Å²) in [6.07, 6.45) is 1.84. The van der Waals surface area contributed by atoms with Crippen LogP contribution in [0.25, 0.3) is 10.8 Å². The van der Waals surface area contributed by atoms with Crippen molar-refractivity contribution in [1.82, 2.24) is 10.3 Å². The van der Waals surface area contributed by atoms with Gasteiger partial charge in [-0.25, -0.2) is 0 Å². The fraction of sp³-hybridized carbons (Fsp3) is 0.167. The summed E-state index contributed by atoms with van der Waals surface area (Å²) in [5, 5.41) is 6.15. The van der Waals surface area contributed by atoms with Crippen LogP contribution in [0.3, 0.4) is 0 Å². The summed E-state index contributed by atoms with van der Waals surface area (Å²) in [4.78, 5) is 4.39. The third-order valence-corrected chi connectivity index (χ3v) is 3.61. The van der Waals surface area contributed by atoms with Gasteiger partial charge in [0.1, 0.15) is 0 Å². The molecule has 20 heavy (non-hydrogen) atoms. The molecule has 0 saturated heterocycles. The molecule has 0 bridgehead atoms. The normalized spacial score (nSPS) is 12.4. The van der Waals surface area contributed by atoms with Crippen LogP contribution in [0.2, 0.25) is 0 Å². The van der Waals surface area contributed by atoms with E-state index in [4.69, 9.17) is 0 Å². The van der Waals surface area contributed by atoms with Gasteiger partial charge in [0.15, 0.2) is 0 Å². The molecule has 2 nitrogen and oxygen atoms in total. The number of hydrogen-bond acceptors (Lipinski definition) is 2. The Balaban J connectivity index is 1.77. The van der Waals surface area contributed by atoms with Crippen LogP contribution in [0.4, 0.5) is 0 Å². The Morgan fingerprint density at radius 1 is 0.950 bits per heavy atom. The van der Waals surface area contributed by atoms with Gasteiger partial charge in [0.25, 0.3) is 0 Å². The van der Waals surface area contributed by atoms with Gasteiger partial charge in [-0.05, 0) is 35.4 Å². The van der Waals surface area contributed by atoms with Gasteiger partial charge in [0, 0.05) is 18.8 Å². The van der Waals surface area contributed by atoms with Crippen LogP contribution >= 0.6 is 0 Å². The molecule has 3 rings (SSSR count). The molecular formula is C18H18N2. The molecule has 0 radical (unpaired) electrons. The fourth-order valence-electron chi connectivity index (χ4n) is 2.45. The van der Waals surface area contributed by atoms with E-state index >= 15 is 0 Å². The Labute approximate surface area is 119 Å². The number of aromatic nitrogens is 1. The van der Waals surface area contributed by atoms with E-state index in [1.165, 1.54) is 16.3 Å². The lowest BCUT2D eigenvalue weighted by molar-refractivity contribution is 0.563. The maximum atomic E-state index is 4.39. The Morgan fingerprint density at radius 3 is 2.60 bits per heavy atom. The summed E-state index contributed by atoms with van der Waals surface area (Å²) in [5.41, 5.74) is 2.40. The fourth-order valence-corrected chi connectivity index (χ4v) is 2.45. The Kier molecular flexibility index (Phi) is 3.75. The lowest BCUT2D eigenvalue weighted by Crippen LogP contribution is -2.19. The van der Waals surface area contributed by atoms with Gasteiger partial charge >= 0.3 is 0 Å². The van der Waals surface area contributed by atoms with Crippen LogP contribution in [0.5, 0.6) is 0 Å². The highest BCUT2D eigenvalue weighted by atomic mass is 14.9. The minimum atomic E-state index is 0.246. The molecule has 1 atom stereocenters. The van der Waals surface area contributed by atoms with E-state index in [1.54, 1.807) is 0 Å². The van der Waals surface area contributed by atoms with Gasteiger partial charge in [-0.2, -0.15) is 0 Å². The Morgan fingerprint density at radius 2 is 1.75 bits per heavy atom. The highest BCUT2D eigenvalue weighted by Gasteiger charge is 2.06. The first-order chi connectivity index (χ1) is 9.84. The molecule has 0 amide bonds. The Bertz CT molecular complexity index is 687. The quantitative estimate of drug-likeness (QED) is 0.766. The number of fused-ring (bicyclic) bond motifs is 1. The third-order valence-electron chi connectivity index (χ3n) is 3.61. The number of benzene rings is 2. The van der Waals surface area contributed by atoms with Crippen molar-refractivity contribution in [3.63, 3.8) is 0 Å². The van der Waals surface area contributed by atoms with Gasteiger partial charge in [-0.15, -0.1) is 0 Å². The summed E-state index contributed by atoms with van der Waals surface area (Å²) in [5.74, 6) is 0. The number of nitrogens with zero attached hydrogens (tertiary/aromatic N) is 1. The molecule has 0 unspecified atom stereocenters. The summed E-state index contributed by atoms with van der Waals surface area (Å²) < 4.78 is 0. The average Bonchev–Trinajstić information content (AvgIpc) is 2.53. The minimum absolute atomic E-state index is 0.246. The van der Waals surface area contributed by atoms with Crippen molar-refractivity contribution in [3.05, 3.63) is 78.1 Å². The zero-order chi connectivity index (χ0) is 13.8. The predicted octanol–water partition coefficient (Wildman–Crippen LogP) is 4.09. The van der Waals surface area contributed by atoms with Crippen LogP contribution in [0.15, 0.2) is 66.9 Å². The van der Waals surface area contributed by atoms with Crippen molar-refractivity contribution in [2.45, 2.75) is 19.5 Å². The van der Waals surface area contributed by atoms with Crippen molar-refractivity contribution in [1.29, 1.82) is 0 Å². The summed E-state index contributed by atoms with van der Waals surface area (Å²) in [7, 11) is 0. The molecule has 0 fully saturated rings. The molecule has 1 aromatic heterocycles. The second-order valence-electron chi connectivity index (χ2n) is 5.00. The average molecular weight is 262 g/mol. The van der Waals surface area contributed by atoms with Gasteiger partial charge < -0.3 is 5.32 Å². The van der Waals surface area contributed by atoms with Crippen molar-refractivity contribution >= 4 is 10.8 Å². The second-order valence-corrected chi connectivity index (χ2v) is 5.00. The molecular weight excluding hydrogens is 244 g/mol. The molecule has 2 aromatic carbocycles. The van der Waals surface area contributed by atoms with Gasteiger partial charge in [0.05, 0.1) is 5.69 Å². The predicted molar refractivity (Wildman–Crippen MR) is 83.4 cm³/mol. The molecule has 1 N–H and O–H groups in total. The lowest BCUT2D eigenvalue weighted by Gasteiger charge is -2.14. The van der Waals surface area contributed by atoms with Crippen LogP contribution < -0.4 is 5.32 Å². The van der Waals surface area contributed by atoms with Crippen LogP contribution in [-0.4, -0.2) is 4.98 Å². The largest absolute Gasteiger partial charge is 0.305 e. The highest BCUT2D eigenvalue weighted by Crippen LogP contribution is 2.19. The highest BCUT2D eigenvalue weighted by molar-refractivity contribution is 5.85. The van der Waals surface area contributed by atoms with E-state index in [2.05, 4.69) is 65.8 Å². The number of rotatable bonds is 4. The number of nitrogens with one attached hydrogen (secondary N) is 1. The Hall–Kier alpha value is -2.19. The van der Waals surface area contributed by atoms with E-state index in [-0.39, 0.29) is 6.04 Å². The summed E-state index contributed by atoms with van der Waals surface area (Å²) in [6, 6.07) is 21.2. The maximum Gasteiger partial charge on any atom is 0.0570 e. The summed E-state index contributed by atoms with van der Waals surface area (Å²) in [6.45, 7) is 2.99. The third kappa shape index (κ3) is 2.70. The maximum absolute atomic E-state index is 4.39. The second kappa shape index (κ2) is 5.85. The van der Waals surface area contributed by atoms with Gasteiger partial charge in [-0.3, -0.25) is 4.98 Å². The lowest BCUT2D eigenvalue weighted by atomic mass is 10.0. The standard InChI is InChI=1S/C18H18N2/c1-14(18-11-4-5-12-19-18)20-13-16-9-6-8-15-7-2-3-10-17(15)16/h2-12,14,20H,13H2,1H3/t14-/m0/s1. The molecule has 0 aliphatic rings. The SMILES string of the molecule is C[C@H](NCc1cccc2ccccc12)c1ccccn1. The molecule has 1 heterocycles. The van der Waals surface area contributed by atoms with Crippen molar-refractivity contribution < 1.29 is 0 Å². The first-order valence-corrected chi connectivity index (χ1v) is 6.95. The van der Waals surface area contributed by atoms with E-state index in [9.17, 15) is 0 Å². The molecule has 0 aliphatic carbocycles. The van der Waals surface area contributed by atoms with Crippen molar-refractivity contribution in [3.8, 4) is 0 Å². The van der Waals surface area contributed by atoms with Crippen molar-refractivity contribution in [2.75, 3.05) is 0 Å². The molecule has 0 saturated carbocycles. The molecule has 100 valence electrons. The first kappa shape index (κ1) is 12.8. The number of pyridine rings is 1. The topological polar surface area (TPSA) is 24.9 Å². The molecule has 3 aromatic rings. The molecule has 0 spiro atoms. The summed E-state index contributed by atoms with van der Waals surface area (Å²) >= 11 is 0. The van der Waals surface area contributed by atoms with E-state index in [0.29, 0.717) is 0 Å². The van der Waals surface area contributed by atoms with Gasteiger partial charge in [-0.1, -0.05) is 48.5 Å². The van der Waals surface area contributed by atoms with Crippen LogP contribution in [0, 0.1) is 0 Å². The molecule has 0 aliphatic heterocycles. The van der Waals surface area contributed by atoms with Gasteiger partial charge in [0.2, 0.25) is 0 Å². The van der Waals surface area contributed by atoms with Crippen LogP contribution in [0.1, 0.15) is 24.2 Å². The molecule has 2 heteroatoms. The van der Waals surface area contributed by atoms with E-state index < -0.39 is 0 Å². The number of hydrogen-bond donors (Lipinski definition) is 1. The smallest absolute Gasteiger partial charge is 0.0570 e. The monoisotopic (exact) mass is 262 g/mol.